The molecular formula is C21H25N3O3. The topological polar surface area (TPSA) is 79.5 Å². The predicted molar refractivity (Wildman–Crippen MR) is 105 cm³/mol. The molecule has 2 aromatic carbocycles. The number of carbonyl (C=O) groups is 2. The summed E-state index contributed by atoms with van der Waals surface area (Å²) < 4.78 is 5.18. The summed E-state index contributed by atoms with van der Waals surface area (Å²) in [5.74, 6) is 1.03. The van der Waals surface area contributed by atoms with E-state index in [0.717, 1.165) is 35.4 Å². The van der Waals surface area contributed by atoms with Crippen LogP contribution in [0.4, 0.5) is 10.5 Å². The van der Waals surface area contributed by atoms with Crippen LogP contribution in [0.3, 0.4) is 0 Å². The van der Waals surface area contributed by atoms with Gasteiger partial charge >= 0.3 is 6.03 Å². The van der Waals surface area contributed by atoms with E-state index in [2.05, 4.69) is 16.0 Å². The molecule has 0 radical (unpaired) electrons. The summed E-state index contributed by atoms with van der Waals surface area (Å²) in [6, 6.07) is 14.7. The lowest BCUT2D eigenvalue weighted by Crippen LogP contribution is -2.36. The summed E-state index contributed by atoms with van der Waals surface area (Å²) >= 11 is 0. The maximum atomic E-state index is 12.1. The van der Waals surface area contributed by atoms with Crippen LogP contribution in [-0.2, 0) is 11.3 Å². The summed E-state index contributed by atoms with van der Waals surface area (Å²) in [5, 5.41) is 8.67. The van der Waals surface area contributed by atoms with E-state index in [0.29, 0.717) is 6.54 Å². The molecule has 142 valence electrons. The van der Waals surface area contributed by atoms with E-state index >= 15 is 0 Å². The summed E-state index contributed by atoms with van der Waals surface area (Å²) in [6.45, 7) is 2.34. The van der Waals surface area contributed by atoms with Gasteiger partial charge in [0.25, 0.3) is 0 Å². The number of urea groups is 1. The Morgan fingerprint density at radius 1 is 1.15 bits per heavy atom. The van der Waals surface area contributed by atoms with Gasteiger partial charge in [-0.05, 0) is 55.2 Å². The van der Waals surface area contributed by atoms with Gasteiger partial charge in [0.1, 0.15) is 5.75 Å². The molecule has 6 nitrogen and oxygen atoms in total. The fourth-order valence-corrected chi connectivity index (χ4v) is 2.74. The van der Waals surface area contributed by atoms with Crippen molar-refractivity contribution in [2.75, 3.05) is 12.4 Å². The molecule has 1 aliphatic rings. The first-order valence-electron chi connectivity index (χ1n) is 9.13. The van der Waals surface area contributed by atoms with Crippen LogP contribution in [0.25, 0.3) is 0 Å². The Morgan fingerprint density at radius 3 is 2.56 bits per heavy atom. The highest BCUT2D eigenvalue weighted by Gasteiger charge is 2.29. The lowest BCUT2D eigenvalue weighted by Gasteiger charge is -2.16. The SMILES string of the molecule is COc1cccc(CNC(=O)N[C@H](C)c2ccc(NC(=O)C3CC3)cc2)c1. The van der Waals surface area contributed by atoms with Crippen LogP contribution in [-0.4, -0.2) is 19.0 Å². The highest BCUT2D eigenvalue weighted by molar-refractivity contribution is 5.94. The zero-order valence-corrected chi connectivity index (χ0v) is 15.6. The Balaban J connectivity index is 1.47. The smallest absolute Gasteiger partial charge is 0.315 e. The second-order valence-corrected chi connectivity index (χ2v) is 6.79. The van der Waals surface area contributed by atoms with E-state index < -0.39 is 0 Å². The second-order valence-electron chi connectivity index (χ2n) is 6.79. The quantitative estimate of drug-likeness (QED) is 0.699. The van der Waals surface area contributed by atoms with Crippen molar-refractivity contribution in [3.63, 3.8) is 0 Å². The maximum Gasteiger partial charge on any atom is 0.315 e. The Morgan fingerprint density at radius 2 is 1.89 bits per heavy atom. The van der Waals surface area contributed by atoms with Crippen molar-refractivity contribution >= 4 is 17.6 Å². The highest BCUT2D eigenvalue weighted by Crippen LogP contribution is 2.30. The average molecular weight is 367 g/mol. The Hall–Kier alpha value is -3.02. The highest BCUT2D eigenvalue weighted by atomic mass is 16.5. The molecule has 1 atom stereocenters. The van der Waals surface area contributed by atoms with Crippen LogP contribution in [0, 0.1) is 5.92 Å². The summed E-state index contributed by atoms with van der Waals surface area (Å²) in [6.07, 6.45) is 1.96. The molecule has 1 fully saturated rings. The molecule has 0 aliphatic heterocycles. The van der Waals surface area contributed by atoms with Crippen LogP contribution in [0.5, 0.6) is 5.75 Å². The molecular weight excluding hydrogens is 342 g/mol. The van der Waals surface area contributed by atoms with E-state index in [1.54, 1.807) is 7.11 Å². The molecule has 3 amide bonds. The van der Waals surface area contributed by atoms with Crippen LogP contribution < -0.4 is 20.7 Å². The molecule has 6 heteroatoms. The Labute approximate surface area is 159 Å². The van der Waals surface area contributed by atoms with E-state index in [9.17, 15) is 9.59 Å². The second kappa shape index (κ2) is 8.58. The largest absolute Gasteiger partial charge is 0.497 e. The first-order chi connectivity index (χ1) is 13.0. The third-order valence-electron chi connectivity index (χ3n) is 4.56. The maximum absolute atomic E-state index is 12.1. The summed E-state index contributed by atoms with van der Waals surface area (Å²) in [4.78, 5) is 23.9. The van der Waals surface area contributed by atoms with Gasteiger partial charge in [-0.3, -0.25) is 4.79 Å². The van der Waals surface area contributed by atoms with Crippen LogP contribution in [0.1, 0.15) is 36.9 Å². The van der Waals surface area contributed by atoms with Crippen LogP contribution in [0.2, 0.25) is 0 Å². The first-order valence-corrected chi connectivity index (χ1v) is 9.13. The number of hydrogen-bond donors (Lipinski definition) is 3. The van der Waals surface area contributed by atoms with Crippen molar-refractivity contribution < 1.29 is 14.3 Å². The van der Waals surface area contributed by atoms with Gasteiger partial charge in [0.15, 0.2) is 0 Å². The minimum atomic E-state index is -0.239. The minimum Gasteiger partial charge on any atom is -0.497 e. The fraction of sp³-hybridized carbons (Fsp3) is 0.333. The van der Waals surface area contributed by atoms with Gasteiger partial charge in [-0.15, -0.1) is 0 Å². The van der Waals surface area contributed by atoms with E-state index in [-0.39, 0.29) is 23.9 Å². The number of nitrogens with one attached hydrogen (secondary N) is 3. The standard InChI is InChI=1S/C21H25N3O3/c1-14(16-8-10-18(11-9-16)24-20(25)17-6-7-17)23-21(26)22-13-15-4-3-5-19(12-15)27-2/h3-5,8-12,14,17H,6-7,13H2,1-2H3,(H,24,25)(H2,22,23,26)/t14-/m1/s1. The third kappa shape index (κ3) is 5.48. The molecule has 0 aromatic heterocycles. The van der Waals surface area contributed by atoms with Gasteiger partial charge in [-0.2, -0.15) is 0 Å². The van der Waals surface area contributed by atoms with Crippen molar-refractivity contribution in [1.82, 2.24) is 10.6 Å². The van der Waals surface area contributed by atoms with Crippen molar-refractivity contribution in [1.29, 1.82) is 0 Å². The molecule has 1 saturated carbocycles. The number of amides is 3. The van der Waals surface area contributed by atoms with E-state index in [1.165, 1.54) is 0 Å². The summed E-state index contributed by atoms with van der Waals surface area (Å²) in [7, 11) is 1.61. The van der Waals surface area contributed by atoms with Gasteiger partial charge in [0, 0.05) is 18.2 Å². The van der Waals surface area contributed by atoms with Gasteiger partial charge < -0.3 is 20.7 Å². The van der Waals surface area contributed by atoms with Crippen molar-refractivity contribution in [3.8, 4) is 5.75 Å². The average Bonchev–Trinajstić information content (AvgIpc) is 3.52. The Kier molecular flexibility index (Phi) is 5.96. The van der Waals surface area contributed by atoms with Gasteiger partial charge in [-0.25, -0.2) is 4.79 Å². The fourth-order valence-electron chi connectivity index (χ4n) is 2.74. The normalized spacial score (nSPS) is 14.1. The number of anilines is 1. The van der Waals surface area contributed by atoms with Crippen molar-refractivity contribution in [3.05, 3.63) is 59.7 Å². The zero-order chi connectivity index (χ0) is 19.2. The van der Waals surface area contributed by atoms with Gasteiger partial charge in [0.05, 0.1) is 13.2 Å². The first kappa shape index (κ1) is 18.8. The summed E-state index contributed by atoms with van der Waals surface area (Å²) in [5.41, 5.74) is 2.72. The Bertz CT molecular complexity index is 801. The van der Waals surface area contributed by atoms with E-state index in [1.807, 2.05) is 55.5 Å². The van der Waals surface area contributed by atoms with Crippen LogP contribution in [0.15, 0.2) is 48.5 Å². The minimum absolute atomic E-state index is 0.0887. The molecule has 1 aliphatic carbocycles. The number of benzene rings is 2. The number of ether oxygens (including phenoxy) is 1. The van der Waals surface area contributed by atoms with Gasteiger partial charge in [-0.1, -0.05) is 24.3 Å². The van der Waals surface area contributed by atoms with Crippen molar-refractivity contribution in [2.45, 2.75) is 32.4 Å². The molecule has 0 saturated heterocycles. The lowest BCUT2D eigenvalue weighted by molar-refractivity contribution is -0.117. The molecule has 0 heterocycles. The molecule has 3 N–H and O–H groups in total. The number of rotatable bonds is 7. The van der Waals surface area contributed by atoms with Gasteiger partial charge in [0.2, 0.25) is 5.91 Å². The monoisotopic (exact) mass is 367 g/mol. The van der Waals surface area contributed by atoms with Crippen LogP contribution >= 0.6 is 0 Å². The third-order valence-corrected chi connectivity index (χ3v) is 4.56. The zero-order valence-electron chi connectivity index (χ0n) is 15.6. The van der Waals surface area contributed by atoms with Crippen molar-refractivity contribution in [2.24, 2.45) is 5.92 Å². The number of carbonyl (C=O) groups excluding carboxylic acids is 2. The molecule has 0 unspecified atom stereocenters. The molecule has 2 aromatic rings. The number of hydrogen-bond acceptors (Lipinski definition) is 3. The lowest BCUT2D eigenvalue weighted by atomic mass is 10.1. The predicted octanol–water partition coefficient (Wildman–Crippen LogP) is 3.60. The molecule has 3 rings (SSSR count). The molecule has 0 spiro atoms. The molecule has 27 heavy (non-hydrogen) atoms. The molecule has 0 bridgehead atoms. The number of methoxy groups -OCH3 is 1. The van der Waals surface area contributed by atoms with E-state index in [4.69, 9.17) is 4.74 Å².